The van der Waals surface area contributed by atoms with Gasteiger partial charge in [-0.2, -0.15) is 4.98 Å². The summed E-state index contributed by atoms with van der Waals surface area (Å²) >= 11 is 0. The third-order valence-electron chi connectivity index (χ3n) is 2.70. The highest BCUT2D eigenvalue weighted by Crippen LogP contribution is 2.17. The van der Waals surface area contributed by atoms with Gasteiger partial charge in [-0.15, -0.1) is 0 Å². The largest absolute Gasteiger partial charge is 0.480 e. The minimum Gasteiger partial charge on any atom is -0.480 e. The van der Waals surface area contributed by atoms with Gasteiger partial charge in [-0.25, -0.2) is 0 Å². The fourth-order valence-corrected chi connectivity index (χ4v) is 1.47. The number of carbonyl (C=O) groups is 1. The lowest BCUT2D eigenvalue weighted by atomic mass is 10.1. The van der Waals surface area contributed by atoms with Gasteiger partial charge in [0, 0.05) is 5.56 Å². The van der Waals surface area contributed by atoms with Gasteiger partial charge in [-0.1, -0.05) is 22.9 Å². The Morgan fingerprint density at radius 3 is 2.74 bits per heavy atom. The van der Waals surface area contributed by atoms with Gasteiger partial charge in [0.2, 0.25) is 0 Å². The minimum absolute atomic E-state index is 0.253. The molecular weight excluding hydrogens is 246 g/mol. The van der Waals surface area contributed by atoms with Gasteiger partial charge in [0.05, 0.1) is 6.54 Å². The third-order valence-corrected chi connectivity index (χ3v) is 2.70. The van der Waals surface area contributed by atoms with Gasteiger partial charge in [-0.05, 0) is 26.0 Å². The Kier molecular flexibility index (Phi) is 3.91. The molecule has 6 nitrogen and oxygen atoms in total. The standard InChI is InChI=1S/C13H15N3O3/c1-8-3-5-10(6-4-8)12-15-11(16-19-12)7-14-9(2)13(17)18/h3-6,9,14H,7H2,1-2H3,(H,17,18)/t9-/m0/s1. The number of hydrogen-bond acceptors (Lipinski definition) is 5. The van der Waals surface area contributed by atoms with Gasteiger partial charge in [0.15, 0.2) is 5.82 Å². The molecule has 1 aromatic heterocycles. The molecule has 0 saturated heterocycles. The van der Waals surface area contributed by atoms with Gasteiger partial charge in [0.25, 0.3) is 5.89 Å². The van der Waals surface area contributed by atoms with Crippen LogP contribution >= 0.6 is 0 Å². The van der Waals surface area contributed by atoms with E-state index in [-0.39, 0.29) is 6.54 Å². The second kappa shape index (κ2) is 5.62. The summed E-state index contributed by atoms with van der Waals surface area (Å²) in [5.41, 5.74) is 2.00. The predicted molar refractivity (Wildman–Crippen MR) is 68.4 cm³/mol. The first-order chi connectivity index (χ1) is 9.06. The molecule has 2 N–H and O–H groups in total. The number of hydrogen-bond donors (Lipinski definition) is 2. The summed E-state index contributed by atoms with van der Waals surface area (Å²) in [6, 6.07) is 7.08. The van der Waals surface area contributed by atoms with E-state index in [1.165, 1.54) is 0 Å². The Morgan fingerprint density at radius 1 is 1.42 bits per heavy atom. The van der Waals surface area contributed by atoms with Gasteiger partial charge >= 0.3 is 5.97 Å². The van der Waals surface area contributed by atoms with Gasteiger partial charge in [0.1, 0.15) is 6.04 Å². The summed E-state index contributed by atoms with van der Waals surface area (Å²) < 4.78 is 5.13. The monoisotopic (exact) mass is 261 g/mol. The first-order valence-electron chi connectivity index (χ1n) is 5.92. The van der Waals surface area contributed by atoms with Crippen molar-refractivity contribution >= 4 is 5.97 Å². The molecule has 0 saturated carbocycles. The molecule has 6 heteroatoms. The molecule has 0 amide bonds. The number of nitrogens with zero attached hydrogens (tertiary/aromatic N) is 2. The molecule has 0 fully saturated rings. The van der Waals surface area contributed by atoms with Crippen LogP contribution in [0.3, 0.4) is 0 Å². The Balaban J connectivity index is 2.03. The number of aromatic nitrogens is 2. The third kappa shape index (κ3) is 3.38. The number of rotatable bonds is 5. The maximum absolute atomic E-state index is 10.7. The quantitative estimate of drug-likeness (QED) is 0.850. The van der Waals surface area contributed by atoms with Crippen LogP contribution in [0.5, 0.6) is 0 Å². The van der Waals surface area contributed by atoms with E-state index in [9.17, 15) is 4.79 Å². The van der Waals surface area contributed by atoms with Gasteiger partial charge < -0.3 is 9.63 Å². The van der Waals surface area contributed by atoms with E-state index in [1.807, 2.05) is 31.2 Å². The van der Waals surface area contributed by atoms with E-state index in [0.717, 1.165) is 11.1 Å². The Bertz CT molecular complexity index is 563. The molecule has 1 aromatic carbocycles. The van der Waals surface area contributed by atoms with Crippen LogP contribution in [0.1, 0.15) is 18.3 Å². The Labute approximate surface area is 110 Å². The highest BCUT2D eigenvalue weighted by molar-refractivity contribution is 5.72. The molecule has 0 spiro atoms. The number of carboxylic acid groups (broad SMARTS) is 1. The number of benzene rings is 1. The molecule has 0 aliphatic rings. The van der Waals surface area contributed by atoms with Crippen LogP contribution in [-0.4, -0.2) is 27.3 Å². The fraction of sp³-hybridized carbons (Fsp3) is 0.308. The lowest BCUT2D eigenvalue weighted by molar-refractivity contribution is -0.139. The summed E-state index contributed by atoms with van der Waals surface area (Å²) in [5.74, 6) is -0.0503. The molecule has 19 heavy (non-hydrogen) atoms. The zero-order chi connectivity index (χ0) is 13.8. The zero-order valence-electron chi connectivity index (χ0n) is 10.8. The molecule has 100 valence electrons. The van der Waals surface area contributed by atoms with E-state index in [2.05, 4.69) is 15.5 Å². The summed E-state index contributed by atoms with van der Waals surface area (Å²) in [7, 11) is 0. The second-order valence-electron chi connectivity index (χ2n) is 4.32. The van der Waals surface area contributed by atoms with E-state index in [0.29, 0.717) is 11.7 Å². The number of carboxylic acids is 1. The van der Waals surface area contributed by atoms with E-state index < -0.39 is 12.0 Å². The predicted octanol–water partition coefficient (Wildman–Crippen LogP) is 1.61. The number of nitrogens with one attached hydrogen (secondary N) is 1. The van der Waals surface area contributed by atoms with Crippen molar-refractivity contribution in [1.29, 1.82) is 0 Å². The van der Waals surface area contributed by atoms with Crippen LogP contribution in [0.25, 0.3) is 11.5 Å². The molecule has 1 atom stereocenters. The minimum atomic E-state index is -0.915. The average Bonchev–Trinajstić information content (AvgIpc) is 2.85. The van der Waals surface area contributed by atoms with Crippen molar-refractivity contribution in [2.24, 2.45) is 0 Å². The lowest BCUT2D eigenvalue weighted by Crippen LogP contribution is -2.33. The molecule has 0 unspecified atom stereocenters. The van der Waals surface area contributed by atoms with Crippen molar-refractivity contribution < 1.29 is 14.4 Å². The summed E-state index contributed by atoms with van der Waals surface area (Å²) in [5, 5.41) is 15.3. The molecular formula is C13H15N3O3. The second-order valence-corrected chi connectivity index (χ2v) is 4.32. The van der Waals surface area contributed by atoms with E-state index >= 15 is 0 Å². The maximum atomic E-state index is 10.7. The van der Waals surface area contributed by atoms with Gasteiger partial charge in [-0.3, -0.25) is 10.1 Å². The van der Waals surface area contributed by atoms with Crippen LogP contribution < -0.4 is 5.32 Å². The van der Waals surface area contributed by atoms with Crippen molar-refractivity contribution in [3.63, 3.8) is 0 Å². The Morgan fingerprint density at radius 2 is 2.11 bits per heavy atom. The van der Waals surface area contributed by atoms with Crippen molar-refractivity contribution in [3.8, 4) is 11.5 Å². The number of aliphatic carboxylic acids is 1. The smallest absolute Gasteiger partial charge is 0.320 e. The molecule has 0 aliphatic heterocycles. The molecule has 0 radical (unpaired) electrons. The van der Waals surface area contributed by atoms with Crippen LogP contribution in [0.15, 0.2) is 28.8 Å². The molecule has 2 rings (SSSR count). The van der Waals surface area contributed by atoms with Crippen molar-refractivity contribution in [1.82, 2.24) is 15.5 Å². The van der Waals surface area contributed by atoms with Crippen LogP contribution in [-0.2, 0) is 11.3 Å². The fourth-order valence-electron chi connectivity index (χ4n) is 1.47. The average molecular weight is 261 g/mol. The maximum Gasteiger partial charge on any atom is 0.320 e. The highest BCUT2D eigenvalue weighted by Gasteiger charge is 2.13. The highest BCUT2D eigenvalue weighted by atomic mass is 16.5. The summed E-state index contributed by atoms with van der Waals surface area (Å²) in [4.78, 5) is 14.9. The van der Waals surface area contributed by atoms with Crippen molar-refractivity contribution in [2.75, 3.05) is 0 Å². The molecule has 0 bridgehead atoms. The SMILES string of the molecule is Cc1ccc(-c2nc(CN[C@@H](C)C(=O)O)no2)cc1. The normalized spacial score (nSPS) is 12.3. The van der Waals surface area contributed by atoms with Crippen molar-refractivity contribution in [3.05, 3.63) is 35.7 Å². The lowest BCUT2D eigenvalue weighted by Gasteiger charge is -2.05. The molecule has 0 aliphatic carbocycles. The van der Waals surface area contributed by atoms with Crippen LogP contribution in [0, 0.1) is 6.92 Å². The van der Waals surface area contributed by atoms with Crippen molar-refractivity contribution in [2.45, 2.75) is 26.4 Å². The number of aryl methyl sites for hydroxylation is 1. The van der Waals surface area contributed by atoms with E-state index in [4.69, 9.17) is 9.63 Å². The molecule has 2 aromatic rings. The summed E-state index contributed by atoms with van der Waals surface area (Å²) in [6.45, 7) is 3.81. The first kappa shape index (κ1) is 13.2. The van der Waals surface area contributed by atoms with Crippen LogP contribution in [0.4, 0.5) is 0 Å². The Hall–Kier alpha value is -2.21. The first-order valence-corrected chi connectivity index (χ1v) is 5.92. The van der Waals surface area contributed by atoms with E-state index in [1.54, 1.807) is 6.92 Å². The van der Waals surface area contributed by atoms with Crippen LogP contribution in [0.2, 0.25) is 0 Å². The topological polar surface area (TPSA) is 88.2 Å². The summed E-state index contributed by atoms with van der Waals surface area (Å²) in [6.07, 6.45) is 0. The zero-order valence-corrected chi connectivity index (χ0v) is 10.8. The molecule has 1 heterocycles.